The average Bonchev–Trinajstić information content (AvgIpc) is 2.63. The normalized spacial score (nSPS) is 22.0. The molecule has 1 fully saturated rings. The number of piperidine rings is 1. The van der Waals surface area contributed by atoms with E-state index in [1.807, 2.05) is 6.07 Å². The fraction of sp³-hybridized carbons (Fsp3) is 0.571. The van der Waals surface area contributed by atoms with Crippen LogP contribution in [0.4, 0.5) is 0 Å². The highest BCUT2D eigenvalue weighted by molar-refractivity contribution is 5.95. The van der Waals surface area contributed by atoms with Gasteiger partial charge in [-0.1, -0.05) is 11.6 Å². The number of likely N-dealkylation sites (tertiary alicyclic amines) is 1. The maximum absolute atomic E-state index is 12.7. The van der Waals surface area contributed by atoms with Crippen molar-refractivity contribution in [3.05, 3.63) is 40.5 Å². The monoisotopic (exact) mass is 324 g/mol. The Hall–Kier alpha value is -1.61. The first-order valence-electron chi connectivity index (χ1n) is 9.54. The van der Waals surface area contributed by atoms with E-state index in [1.54, 1.807) is 11.1 Å². The summed E-state index contributed by atoms with van der Waals surface area (Å²) in [4.78, 5) is 15.0. The molecule has 1 heterocycles. The zero-order valence-electron chi connectivity index (χ0n) is 14.7. The number of hydrogen-bond donors (Lipinski definition) is 1. The van der Waals surface area contributed by atoms with Crippen molar-refractivity contribution in [3.8, 4) is 0 Å². The number of benzene rings is 1. The van der Waals surface area contributed by atoms with Crippen molar-refractivity contribution in [2.45, 2.75) is 57.4 Å². The maximum atomic E-state index is 12.7. The number of nitrogens with one attached hydrogen (secondary N) is 1. The number of amides is 1. The zero-order chi connectivity index (χ0) is 16.5. The fourth-order valence-corrected chi connectivity index (χ4v) is 4.49. The van der Waals surface area contributed by atoms with Gasteiger partial charge >= 0.3 is 0 Å². The third-order valence-corrected chi connectivity index (χ3v) is 6.03. The van der Waals surface area contributed by atoms with Crippen molar-refractivity contribution < 1.29 is 4.79 Å². The van der Waals surface area contributed by atoms with Gasteiger partial charge in [-0.3, -0.25) is 4.79 Å². The smallest absolute Gasteiger partial charge is 0.251 e. The predicted octanol–water partition coefficient (Wildman–Crippen LogP) is 3.78. The molecule has 3 aliphatic rings. The van der Waals surface area contributed by atoms with E-state index in [0.717, 1.165) is 37.9 Å². The third-order valence-electron chi connectivity index (χ3n) is 6.03. The molecule has 0 atom stereocenters. The lowest BCUT2D eigenvalue weighted by molar-refractivity contribution is 0.0917. The first-order valence-corrected chi connectivity index (χ1v) is 9.54. The lowest BCUT2D eigenvalue weighted by atomic mass is 9.78. The summed E-state index contributed by atoms with van der Waals surface area (Å²) in [6, 6.07) is 6.71. The van der Waals surface area contributed by atoms with Crippen LogP contribution in [-0.2, 0) is 6.42 Å². The quantitative estimate of drug-likeness (QED) is 0.898. The van der Waals surface area contributed by atoms with Gasteiger partial charge in [-0.05, 0) is 100 Å². The van der Waals surface area contributed by atoms with E-state index in [-0.39, 0.29) is 5.91 Å². The van der Waals surface area contributed by atoms with Gasteiger partial charge in [0.2, 0.25) is 0 Å². The summed E-state index contributed by atoms with van der Waals surface area (Å²) in [6.45, 7) is 2.15. The van der Waals surface area contributed by atoms with E-state index in [0.29, 0.717) is 6.04 Å². The van der Waals surface area contributed by atoms with Crippen LogP contribution in [0.1, 0.15) is 66.4 Å². The predicted molar refractivity (Wildman–Crippen MR) is 98.1 cm³/mol. The van der Waals surface area contributed by atoms with Gasteiger partial charge < -0.3 is 10.2 Å². The Morgan fingerprint density at radius 3 is 2.71 bits per heavy atom. The summed E-state index contributed by atoms with van der Waals surface area (Å²) < 4.78 is 0. The lowest BCUT2D eigenvalue weighted by Gasteiger charge is -2.30. The third kappa shape index (κ3) is 3.14. The highest BCUT2D eigenvalue weighted by atomic mass is 16.1. The van der Waals surface area contributed by atoms with Crippen LogP contribution < -0.4 is 5.32 Å². The number of carbonyl (C=O) groups excluding carboxylic acids is 1. The molecule has 0 aromatic heterocycles. The Labute approximate surface area is 145 Å². The molecular formula is C21H28N2O. The van der Waals surface area contributed by atoms with Crippen molar-refractivity contribution in [1.82, 2.24) is 10.2 Å². The lowest BCUT2D eigenvalue weighted by Crippen LogP contribution is -2.43. The molecular weight excluding hydrogens is 296 g/mol. The number of aryl methyl sites for hydroxylation is 1. The van der Waals surface area contributed by atoms with Crippen molar-refractivity contribution in [3.63, 3.8) is 0 Å². The molecule has 3 nitrogen and oxygen atoms in total. The van der Waals surface area contributed by atoms with Crippen LogP contribution in [0, 0.1) is 0 Å². The summed E-state index contributed by atoms with van der Waals surface area (Å²) in [5.74, 6) is 0.107. The Bertz CT molecular complexity index is 668. The number of nitrogens with zero attached hydrogens (tertiary/aromatic N) is 1. The summed E-state index contributed by atoms with van der Waals surface area (Å²) >= 11 is 0. The van der Waals surface area contributed by atoms with Crippen LogP contribution in [0.2, 0.25) is 0 Å². The summed E-state index contributed by atoms with van der Waals surface area (Å²) in [5.41, 5.74) is 6.85. The number of hydrogen-bond acceptors (Lipinski definition) is 2. The van der Waals surface area contributed by atoms with Crippen LogP contribution in [0.3, 0.4) is 0 Å². The average molecular weight is 324 g/mol. The van der Waals surface area contributed by atoms with E-state index in [1.165, 1.54) is 43.2 Å². The highest BCUT2D eigenvalue weighted by Gasteiger charge is 2.23. The Kier molecular flexibility index (Phi) is 4.45. The topological polar surface area (TPSA) is 32.3 Å². The van der Waals surface area contributed by atoms with Crippen LogP contribution >= 0.6 is 0 Å². The molecule has 1 saturated heterocycles. The summed E-state index contributed by atoms with van der Waals surface area (Å²) in [5, 5.41) is 3.25. The van der Waals surface area contributed by atoms with Crippen LogP contribution in [0.25, 0.3) is 5.57 Å². The molecule has 1 aliphatic heterocycles. The molecule has 2 aliphatic carbocycles. The first-order chi connectivity index (χ1) is 11.7. The van der Waals surface area contributed by atoms with E-state index in [9.17, 15) is 4.79 Å². The molecule has 0 saturated carbocycles. The van der Waals surface area contributed by atoms with Gasteiger partial charge in [-0.25, -0.2) is 0 Å². The largest absolute Gasteiger partial charge is 0.349 e. The minimum atomic E-state index is 0.107. The molecule has 0 spiro atoms. The highest BCUT2D eigenvalue weighted by Crippen LogP contribution is 2.40. The molecule has 0 bridgehead atoms. The van der Waals surface area contributed by atoms with Gasteiger partial charge in [-0.2, -0.15) is 0 Å². The van der Waals surface area contributed by atoms with Gasteiger partial charge in [0.15, 0.2) is 0 Å². The van der Waals surface area contributed by atoms with Gasteiger partial charge in [0, 0.05) is 11.6 Å². The first kappa shape index (κ1) is 15.9. The Balaban J connectivity index is 1.53. The van der Waals surface area contributed by atoms with E-state index in [2.05, 4.69) is 29.4 Å². The van der Waals surface area contributed by atoms with Crippen LogP contribution in [0.5, 0.6) is 0 Å². The standard InChI is InChI=1S/C21H28N2O/c1-23-12-10-18(11-13-23)22-21(24)17-9-8-16-7-6-15-4-2-3-5-19(15)20(16)14-17/h8-9,14,18H,2-7,10-13H2,1H3,(H,22,24). The van der Waals surface area contributed by atoms with Gasteiger partial charge in [0.1, 0.15) is 0 Å². The van der Waals surface area contributed by atoms with Gasteiger partial charge in [0.05, 0.1) is 0 Å². The van der Waals surface area contributed by atoms with Crippen molar-refractivity contribution in [1.29, 1.82) is 0 Å². The Morgan fingerprint density at radius 1 is 1.08 bits per heavy atom. The second-order valence-corrected chi connectivity index (χ2v) is 7.71. The molecule has 4 rings (SSSR count). The number of rotatable bonds is 2. The summed E-state index contributed by atoms with van der Waals surface area (Å²) in [7, 11) is 2.15. The van der Waals surface area contributed by atoms with Crippen molar-refractivity contribution >= 4 is 11.5 Å². The molecule has 0 radical (unpaired) electrons. The molecule has 3 heteroatoms. The van der Waals surface area contributed by atoms with E-state index < -0.39 is 0 Å². The zero-order valence-corrected chi connectivity index (χ0v) is 14.7. The van der Waals surface area contributed by atoms with E-state index in [4.69, 9.17) is 0 Å². The summed E-state index contributed by atoms with van der Waals surface area (Å²) in [6.07, 6.45) is 9.58. The fourth-order valence-electron chi connectivity index (χ4n) is 4.49. The second kappa shape index (κ2) is 6.72. The molecule has 1 aromatic rings. The SMILES string of the molecule is CN1CCC(NC(=O)c2ccc3c(c2)C2=C(CCCC2)CC3)CC1. The minimum Gasteiger partial charge on any atom is -0.349 e. The van der Waals surface area contributed by atoms with Crippen molar-refractivity contribution in [2.24, 2.45) is 0 Å². The number of allylic oxidation sites excluding steroid dienone is 2. The molecule has 1 N–H and O–H groups in total. The molecule has 1 aromatic carbocycles. The second-order valence-electron chi connectivity index (χ2n) is 7.71. The molecule has 0 unspecified atom stereocenters. The maximum Gasteiger partial charge on any atom is 0.251 e. The Morgan fingerprint density at radius 2 is 1.88 bits per heavy atom. The molecule has 128 valence electrons. The van der Waals surface area contributed by atoms with Crippen molar-refractivity contribution in [2.75, 3.05) is 20.1 Å². The van der Waals surface area contributed by atoms with Gasteiger partial charge in [0.25, 0.3) is 5.91 Å². The van der Waals surface area contributed by atoms with E-state index >= 15 is 0 Å². The van der Waals surface area contributed by atoms with Crippen LogP contribution in [0.15, 0.2) is 23.8 Å². The minimum absolute atomic E-state index is 0.107. The molecule has 24 heavy (non-hydrogen) atoms. The molecule has 1 amide bonds. The number of carbonyl (C=O) groups is 1. The number of fused-ring (bicyclic) bond motifs is 2. The van der Waals surface area contributed by atoms with Gasteiger partial charge in [-0.15, -0.1) is 0 Å². The van der Waals surface area contributed by atoms with Crippen LogP contribution in [-0.4, -0.2) is 37.0 Å².